The zero-order valence-electron chi connectivity index (χ0n) is 18.7. The molecule has 0 atom stereocenters. The molecule has 0 N–H and O–H groups in total. The van der Waals surface area contributed by atoms with Gasteiger partial charge in [0, 0.05) is 36.6 Å². The Morgan fingerprint density at radius 3 is 1.82 bits per heavy atom. The Balaban J connectivity index is 0.000000161. The lowest BCUT2D eigenvalue weighted by Gasteiger charge is -2.17. The highest BCUT2D eigenvalue weighted by Gasteiger charge is 2.21. The maximum absolute atomic E-state index is 2.40. The molecule has 0 fully saturated rings. The number of hydrogen-bond donors (Lipinski definition) is 0. The average Bonchev–Trinajstić information content (AvgIpc) is 3.14. The van der Waals surface area contributed by atoms with Crippen molar-refractivity contribution in [3.05, 3.63) is 60.8 Å². The summed E-state index contributed by atoms with van der Waals surface area (Å²) in [6.45, 7) is 14.4. The second-order valence-corrected chi connectivity index (χ2v) is 19.9. The largest absolute Gasteiger partial charge is 0.352 e. The van der Waals surface area contributed by atoms with Crippen LogP contribution in [0.15, 0.2) is 60.8 Å². The number of rotatable bonds is 2. The van der Waals surface area contributed by atoms with Crippen LogP contribution in [0.2, 0.25) is 39.3 Å². The van der Waals surface area contributed by atoms with Crippen LogP contribution in [-0.2, 0) is 14.1 Å². The highest BCUT2D eigenvalue weighted by molar-refractivity contribution is 6.90. The van der Waals surface area contributed by atoms with Crippen LogP contribution in [0.4, 0.5) is 0 Å². The molecule has 0 aliphatic rings. The number of benzene rings is 2. The van der Waals surface area contributed by atoms with E-state index in [0.29, 0.717) is 0 Å². The molecule has 2 aromatic heterocycles. The molecule has 4 rings (SSSR count). The maximum atomic E-state index is 2.40. The molecule has 148 valence electrons. The number of para-hydroxylation sites is 2. The molecule has 0 aliphatic heterocycles. The summed E-state index contributed by atoms with van der Waals surface area (Å²) in [5.74, 6) is 0. The van der Waals surface area contributed by atoms with E-state index in [9.17, 15) is 0 Å². The van der Waals surface area contributed by atoms with Gasteiger partial charge >= 0.3 is 0 Å². The van der Waals surface area contributed by atoms with Crippen molar-refractivity contribution in [3.8, 4) is 0 Å². The fourth-order valence-corrected chi connectivity index (χ4v) is 7.26. The number of fused-ring (bicyclic) bond motifs is 2. The molecule has 0 amide bonds. The van der Waals surface area contributed by atoms with Crippen LogP contribution in [0.25, 0.3) is 21.8 Å². The average molecular weight is 407 g/mol. The van der Waals surface area contributed by atoms with Crippen LogP contribution in [0, 0.1) is 0 Å². The molecule has 28 heavy (non-hydrogen) atoms. The third-order valence-corrected chi connectivity index (χ3v) is 9.46. The molecule has 0 unspecified atom stereocenters. The van der Waals surface area contributed by atoms with Crippen molar-refractivity contribution in [1.29, 1.82) is 0 Å². The third kappa shape index (κ3) is 4.03. The van der Waals surface area contributed by atoms with Crippen molar-refractivity contribution in [3.63, 3.8) is 0 Å². The van der Waals surface area contributed by atoms with Crippen molar-refractivity contribution in [2.24, 2.45) is 14.1 Å². The van der Waals surface area contributed by atoms with Crippen LogP contribution in [-0.4, -0.2) is 25.3 Å². The van der Waals surface area contributed by atoms with Gasteiger partial charge in [-0.3, -0.25) is 0 Å². The van der Waals surface area contributed by atoms with Crippen LogP contribution in [0.1, 0.15) is 0 Å². The summed E-state index contributed by atoms with van der Waals surface area (Å²) in [5.41, 5.74) is 2.70. The van der Waals surface area contributed by atoms with Crippen molar-refractivity contribution in [2.45, 2.75) is 39.3 Å². The highest BCUT2D eigenvalue weighted by Crippen LogP contribution is 2.17. The summed E-state index contributed by atoms with van der Waals surface area (Å²) >= 11 is 0. The van der Waals surface area contributed by atoms with E-state index in [2.05, 4.69) is 123 Å². The molecule has 2 nitrogen and oxygen atoms in total. The predicted octanol–water partition coefficient (Wildman–Crippen LogP) is 5.45. The number of hydrogen-bond acceptors (Lipinski definition) is 0. The number of aromatic nitrogens is 2. The quantitative estimate of drug-likeness (QED) is 0.392. The topological polar surface area (TPSA) is 9.86 Å². The third-order valence-electron chi connectivity index (χ3n) is 5.43. The predicted molar refractivity (Wildman–Crippen MR) is 132 cm³/mol. The van der Waals surface area contributed by atoms with Crippen molar-refractivity contribution in [2.75, 3.05) is 0 Å². The van der Waals surface area contributed by atoms with Crippen LogP contribution in [0.3, 0.4) is 0 Å². The summed E-state index contributed by atoms with van der Waals surface area (Å²) in [5, 5.41) is 5.90. The summed E-state index contributed by atoms with van der Waals surface area (Å²) in [7, 11) is 1.91. The van der Waals surface area contributed by atoms with Gasteiger partial charge in [-0.15, -0.1) is 0 Å². The van der Waals surface area contributed by atoms with Gasteiger partial charge in [0.2, 0.25) is 0 Å². The van der Waals surface area contributed by atoms with Crippen molar-refractivity contribution in [1.82, 2.24) is 9.13 Å². The van der Waals surface area contributed by atoms with E-state index in [-0.39, 0.29) is 0 Å². The lowest BCUT2D eigenvalue weighted by atomic mass is 10.2. The fraction of sp³-hybridized carbons (Fsp3) is 0.333. The molecule has 0 saturated heterocycles. The normalized spacial score (nSPS) is 12.3. The monoisotopic (exact) mass is 406 g/mol. The minimum Gasteiger partial charge on any atom is -0.352 e. The summed E-state index contributed by atoms with van der Waals surface area (Å²) in [4.78, 5) is 0. The molecular formula is C24H34N2Si2. The Labute approximate surface area is 171 Å². The Morgan fingerprint density at radius 1 is 0.679 bits per heavy atom. The van der Waals surface area contributed by atoms with E-state index in [1.165, 1.54) is 27.1 Å². The van der Waals surface area contributed by atoms with E-state index in [1.54, 1.807) is 5.19 Å². The fourth-order valence-electron chi connectivity index (χ4n) is 3.95. The van der Waals surface area contributed by atoms with Gasteiger partial charge in [-0.25, -0.2) is 0 Å². The maximum Gasteiger partial charge on any atom is 0.0984 e. The lowest BCUT2D eigenvalue weighted by molar-refractivity contribution is 0.972. The van der Waals surface area contributed by atoms with Gasteiger partial charge in [0.15, 0.2) is 0 Å². The summed E-state index contributed by atoms with van der Waals surface area (Å²) in [6.07, 6.45) is 2.30. The minimum absolute atomic E-state index is 1.20. The molecule has 2 aromatic carbocycles. The van der Waals surface area contributed by atoms with E-state index >= 15 is 0 Å². The first-order valence-electron chi connectivity index (χ1n) is 10.1. The van der Waals surface area contributed by atoms with E-state index in [1.807, 2.05) is 0 Å². The Morgan fingerprint density at radius 2 is 1.25 bits per heavy atom. The molecule has 2 heterocycles. The SMILES string of the molecule is Cn1c([Si](C)(C)C)cc2ccccc21.Cn1cc([Si](C)(C)C)c2ccccc21. The zero-order valence-corrected chi connectivity index (χ0v) is 20.7. The standard InChI is InChI=1S/2C12H17NSi/c1-13-9-12(14(2,3)4)10-7-5-6-8-11(10)13;1-13-11-8-6-5-7-10(11)9-12(13)14(2,3)4/h2*5-9H,1-4H3. The zero-order chi connectivity index (χ0) is 20.7. The molecule has 0 saturated carbocycles. The first-order chi connectivity index (χ1) is 13.0. The summed E-state index contributed by atoms with van der Waals surface area (Å²) in [6, 6.07) is 19.6. The van der Waals surface area contributed by atoms with Crippen molar-refractivity contribution >= 4 is 48.5 Å². The van der Waals surface area contributed by atoms with E-state index in [0.717, 1.165) is 0 Å². The first kappa shape index (κ1) is 20.7. The van der Waals surface area contributed by atoms with Gasteiger partial charge in [0.25, 0.3) is 0 Å². The van der Waals surface area contributed by atoms with Crippen LogP contribution in [0.5, 0.6) is 0 Å². The smallest absolute Gasteiger partial charge is 0.0984 e. The lowest BCUT2D eigenvalue weighted by Crippen LogP contribution is -2.41. The minimum atomic E-state index is -1.20. The van der Waals surface area contributed by atoms with Crippen molar-refractivity contribution < 1.29 is 0 Å². The highest BCUT2D eigenvalue weighted by atomic mass is 28.3. The molecule has 0 spiro atoms. The first-order valence-corrected chi connectivity index (χ1v) is 17.1. The van der Waals surface area contributed by atoms with Gasteiger partial charge < -0.3 is 9.13 Å². The molecule has 0 radical (unpaired) electrons. The summed E-state index contributed by atoms with van der Waals surface area (Å²) < 4.78 is 4.59. The Kier molecular flexibility index (Phi) is 5.47. The van der Waals surface area contributed by atoms with Crippen LogP contribution < -0.4 is 10.5 Å². The molecule has 0 aliphatic carbocycles. The van der Waals surface area contributed by atoms with Gasteiger partial charge in [-0.2, -0.15) is 0 Å². The molecule has 4 heteroatoms. The van der Waals surface area contributed by atoms with Gasteiger partial charge in [0.1, 0.15) is 0 Å². The molecule has 4 aromatic rings. The van der Waals surface area contributed by atoms with E-state index < -0.39 is 16.1 Å². The second kappa shape index (κ2) is 7.41. The number of aryl methyl sites for hydroxylation is 2. The van der Waals surface area contributed by atoms with Gasteiger partial charge in [-0.05, 0) is 34.2 Å². The van der Waals surface area contributed by atoms with Crippen LogP contribution >= 0.6 is 0 Å². The molecule has 0 bridgehead atoms. The number of nitrogens with zero attached hydrogens (tertiary/aromatic N) is 2. The van der Waals surface area contributed by atoms with E-state index in [4.69, 9.17) is 0 Å². The Hall–Kier alpha value is -2.05. The second-order valence-electron chi connectivity index (χ2n) is 9.82. The van der Waals surface area contributed by atoms with Gasteiger partial charge in [-0.1, -0.05) is 75.7 Å². The molecular weight excluding hydrogens is 372 g/mol. The Bertz CT molecular complexity index is 1100. The van der Waals surface area contributed by atoms with Gasteiger partial charge in [0.05, 0.1) is 16.1 Å².